The van der Waals surface area contributed by atoms with E-state index in [-0.39, 0.29) is 17.5 Å². The molecule has 136 valence electrons. The van der Waals surface area contributed by atoms with Gasteiger partial charge in [0.05, 0.1) is 11.8 Å². The van der Waals surface area contributed by atoms with Gasteiger partial charge < -0.3 is 10.4 Å². The third kappa shape index (κ3) is 5.56. The van der Waals surface area contributed by atoms with Crippen LogP contribution in [0.1, 0.15) is 38.1 Å². The number of aromatic nitrogens is 2. The van der Waals surface area contributed by atoms with E-state index in [2.05, 4.69) is 36.5 Å². The van der Waals surface area contributed by atoms with Gasteiger partial charge in [-0.3, -0.25) is 10.00 Å². The number of hydrogen-bond acceptors (Lipinski definition) is 3. The van der Waals surface area contributed by atoms with Crippen LogP contribution in [0.2, 0.25) is 0 Å². The fraction of sp³-hybridized carbons (Fsp3) is 0.444. The summed E-state index contributed by atoms with van der Waals surface area (Å²) >= 11 is 0. The number of hydrogen-bond donors (Lipinski definition) is 3. The molecule has 2 rings (SSSR count). The lowest BCUT2D eigenvalue weighted by Gasteiger charge is -2.15. The number of amides is 2. The van der Waals surface area contributed by atoms with Gasteiger partial charge in [0.1, 0.15) is 11.6 Å². The van der Waals surface area contributed by atoms with Crippen molar-refractivity contribution < 1.29 is 14.3 Å². The van der Waals surface area contributed by atoms with E-state index in [1.54, 1.807) is 23.9 Å². The minimum atomic E-state index is -1.12. The van der Waals surface area contributed by atoms with E-state index in [0.717, 1.165) is 12.1 Å². The lowest BCUT2D eigenvalue weighted by molar-refractivity contribution is 0.170. The van der Waals surface area contributed by atoms with Crippen LogP contribution in [0.5, 0.6) is 0 Å². The highest BCUT2D eigenvalue weighted by atomic mass is 19.1. The Morgan fingerprint density at radius 2 is 2.04 bits per heavy atom. The van der Waals surface area contributed by atoms with Crippen molar-refractivity contribution in [1.82, 2.24) is 15.1 Å². The number of nitrogens with one attached hydrogen (secondary N) is 2. The topological polar surface area (TPSA) is 79.2 Å². The molecular formula is C18H25FN4O2. The molecule has 1 aromatic heterocycles. The van der Waals surface area contributed by atoms with Crippen LogP contribution in [0.15, 0.2) is 30.3 Å². The second-order valence-electron chi connectivity index (χ2n) is 7.25. The summed E-state index contributed by atoms with van der Waals surface area (Å²) in [6.45, 7) is 6.25. The summed E-state index contributed by atoms with van der Waals surface area (Å²) < 4.78 is 15.2. The van der Waals surface area contributed by atoms with E-state index < -0.39 is 18.0 Å². The highest BCUT2D eigenvalue weighted by Gasteiger charge is 2.17. The first-order chi connectivity index (χ1) is 11.7. The molecule has 0 aliphatic carbocycles. The number of benzene rings is 1. The molecule has 1 atom stereocenters. The van der Waals surface area contributed by atoms with Gasteiger partial charge in [-0.05, 0) is 17.9 Å². The third-order valence-electron chi connectivity index (χ3n) is 3.60. The lowest BCUT2D eigenvalue weighted by Crippen LogP contribution is -2.33. The van der Waals surface area contributed by atoms with Crippen LogP contribution in [0.3, 0.4) is 0 Å². The van der Waals surface area contributed by atoms with Crippen LogP contribution in [0.25, 0.3) is 0 Å². The van der Waals surface area contributed by atoms with Gasteiger partial charge in [0.2, 0.25) is 0 Å². The Balaban J connectivity index is 1.91. The fourth-order valence-electron chi connectivity index (χ4n) is 2.48. The molecule has 1 unspecified atom stereocenters. The van der Waals surface area contributed by atoms with E-state index >= 15 is 0 Å². The zero-order valence-electron chi connectivity index (χ0n) is 15.0. The summed E-state index contributed by atoms with van der Waals surface area (Å²) in [6.07, 6.45) is -0.328. The van der Waals surface area contributed by atoms with Crippen molar-refractivity contribution in [2.24, 2.45) is 12.5 Å². The summed E-state index contributed by atoms with van der Waals surface area (Å²) in [7, 11) is 1.75. The van der Waals surface area contributed by atoms with Crippen molar-refractivity contribution in [3.63, 3.8) is 0 Å². The summed E-state index contributed by atoms with van der Waals surface area (Å²) in [5.74, 6) is 0.0489. The zero-order chi connectivity index (χ0) is 18.6. The van der Waals surface area contributed by atoms with Crippen molar-refractivity contribution >= 4 is 11.8 Å². The molecule has 6 nitrogen and oxygen atoms in total. The summed E-state index contributed by atoms with van der Waals surface area (Å²) in [4.78, 5) is 12.0. The van der Waals surface area contributed by atoms with Crippen molar-refractivity contribution in [2.75, 3.05) is 11.9 Å². The molecule has 0 radical (unpaired) electrons. The monoisotopic (exact) mass is 348 g/mol. The minimum absolute atomic E-state index is 0.0950. The van der Waals surface area contributed by atoms with Crippen molar-refractivity contribution in [3.05, 3.63) is 47.4 Å². The number of halogens is 1. The first kappa shape index (κ1) is 18.9. The van der Waals surface area contributed by atoms with E-state index in [1.165, 1.54) is 12.1 Å². The van der Waals surface area contributed by atoms with Crippen molar-refractivity contribution in [2.45, 2.75) is 33.3 Å². The van der Waals surface area contributed by atoms with Crippen LogP contribution in [0.4, 0.5) is 15.0 Å². The Morgan fingerprint density at radius 1 is 1.36 bits per heavy atom. The van der Waals surface area contributed by atoms with E-state index in [0.29, 0.717) is 5.82 Å². The Hall–Kier alpha value is -2.41. The molecule has 0 bridgehead atoms. The van der Waals surface area contributed by atoms with Gasteiger partial charge in [-0.1, -0.05) is 39.0 Å². The lowest BCUT2D eigenvalue weighted by atomic mass is 9.91. The Morgan fingerprint density at radius 3 is 2.68 bits per heavy atom. The SMILES string of the molecule is Cn1nc(CC(C)(C)C)cc1NC(=O)NCC(O)c1ccccc1F. The second-order valence-corrected chi connectivity index (χ2v) is 7.25. The summed E-state index contributed by atoms with van der Waals surface area (Å²) in [5, 5.41) is 19.6. The van der Waals surface area contributed by atoms with Crippen molar-refractivity contribution in [3.8, 4) is 0 Å². The average molecular weight is 348 g/mol. The maximum Gasteiger partial charge on any atom is 0.320 e. The Kier molecular flexibility index (Phi) is 5.79. The number of carbonyl (C=O) groups excluding carboxylic acids is 1. The predicted molar refractivity (Wildman–Crippen MR) is 94.7 cm³/mol. The highest BCUT2D eigenvalue weighted by Crippen LogP contribution is 2.21. The molecule has 0 saturated carbocycles. The molecular weight excluding hydrogens is 323 g/mol. The molecule has 1 aromatic carbocycles. The largest absolute Gasteiger partial charge is 0.386 e. The number of anilines is 1. The molecule has 0 fully saturated rings. The molecule has 0 saturated heterocycles. The maximum absolute atomic E-state index is 13.6. The van der Waals surface area contributed by atoms with E-state index in [4.69, 9.17) is 0 Å². The van der Waals surface area contributed by atoms with Crippen LogP contribution in [-0.4, -0.2) is 27.5 Å². The van der Waals surface area contributed by atoms with E-state index in [1.807, 2.05) is 6.07 Å². The van der Waals surface area contributed by atoms with Gasteiger partial charge in [0, 0.05) is 25.2 Å². The number of aliphatic hydroxyl groups is 1. The molecule has 2 amide bonds. The highest BCUT2D eigenvalue weighted by molar-refractivity contribution is 5.88. The zero-order valence-corrected chi connectivity index (χ0v) is 15.0. The molecule has 0 spiro atoms. The summed E-state index contributed by atoms with van der Waals surface area (Å²) in [6, 6.07) is 7.26. The molecule has 0 aliphatic heterocycles. The Labute approximate surface area is 147 Å². The fourth-order valence-corrected chi connectivity index (χ4v) is 2.48. The normalized spacial score (nSPS) is 12.7. The quantitative estimate of drug-likeness (QED) is 0.777. The van der Waals surface area contributed by atoms with Gasteiger partial charge in [0.25, 0.3) is 0 Å². The molecule has 0 aliphatic rings. The molecule has 3 N–H and O–H groups in total. The first-order valence-corrected chi connectivity index (χ1v) is 8.16. The minimum Gasteiger partial charge on any atom is -0.386 e. The maximum atomic E-state index is 13.6. The number of nitrogens with zero attached hydrogens (tertiary/aromatic N) is 2. The van der Waals surface area contributed by atoms with Crippen LogP contribution in [-0.2, 0) is 13.5 Å². The number of carbonyl (C=O) groups is 1. The molecule has 25 heavy (non-hydrogen) atoms. The van der Waals surface area contributed by atoms with Gasteiger partial charge >= 0.3 is 6.03 Å². The third-order valence-corrected chi connectivity index (χ3v) is 3.60. The summed E-state index contributed by atoms with van der Waals surface area (Å²) in [5.41, 5.74) is 1.13. The smallest absolute Gasteiger partial charge is 0.320 e. The Bertz CT molecular complexity index is 737. The first-order valence-electron chi connectivity index (χ1n) is 8.16. The van der Waals surface area contributed by atoms with Gasteiger partial charge in [-0.15, -0.1) is 0 Å². The van der Waals surface area contributed by atoms with Crippen molar-refractivity contribution in [1.29, 1.82) is 0 Å². The number of urea groups is 1. The van der Waals surface area contributed by atoms with E-state index in [9.17, 15) is 14.3 Å². The number of aliphatic hydroxyl groups excluding tert-OH is 1. The molecule has 1 heterocycles. The second kappa shape index (κ2) is 7.65. The number of aryl methyl sites for hydroxylation is 1. The van der Waals surface area contributed by atoms with Gasteiger partial charge in [0.15, 0.2) is 0 Å². The predicted octanol–water partition coefficient (Wildman–Crippen LogP) is 3.00. The molecule has 2 aromatic rings. The van der Waals surface area contributed by atoms with Gasteiger partial charge in [-0.2, -0.15) is 5.10 Å². The van der Waals surface area contributed by atoms with Crippen LogP contribution < -0.4 is 10.6 Å². The van der Waals surface area contributed by atoms with Crippen LogP contribution in [0, 0.1) is 11.2 Å². The van der Waals surface area contributed by atoms with Gasteiger partial charge in [-0.25, -0.2) is 9.18 Å². The van der Waals surface area contributed by atoms with Crippen LogP contribution >= 0.6 is 0 Å². The number of rotatable bonds is 5. The standard InChI is InChI=1S/C18H25FN4O2/c1-18(2,3)10-12-9-16(23(4)22-12)21-17(25)20-11-15(24)13-7-5-6-8-14(13)19/h5-9,15,24H,10-11H2,1-4H3,(H2,20,21,25). The molecule has 7 heteroatoms. The average Bonchev–Trinajstić information content (AvgIpc) is 2.82.